The van der Waals surface area contributed by atoms with Crippen LogP contribution >= 0.6 is 0 Å². The molecule has 126 valence electrons. The highest BCUT2D eigenvalue weighted by atomic mass is 16.5. The van der Waals surface area contributed by atoms with Crippen LogP contribution in [0.1, 0.15) is 37.0 Å². The molecule has 4 nitrogen and oxygen atoms in total. The van der Waals surface area contributed by atoms with Crippen molar-refractivity contribution in [2.24, 2.45) is 0 Å². The lowest BCUT2D eigenvalue weighted by Crippen LogP contribution is -2.38. The zero-order valence-electron chi connectivity index (χ0n) is 14.0. The first-order chi connectivity index (χ1) is 11.7. The summed E-state index contributed by atoms with van der Waals surface area (Å²) >= 11 is 0. The van der Waals surface area contributed by atoms with E-state index in [0.717, 1.165) is 18.6 Å². The molecule has 0 radical (unpaired) electrons. The van der Waals surface area contributed by atoms with E-state index in [0.29, 0.717) is 12.3 Å². The van der Waals surface area contributed by atoms with Crippen LogP contribution in [0.15, 0.2) is 53.2 Å². The SMILES string of the molecule is COc1ccccc1C1(CNC(=O)/C=C/c2ccco2)CCCC1. The topological polar surface area (TPSA) is 51.5 Å². The Morgan fingerprint density at radius 3 is 2.75 bits per heavy atom. The van der Waals surface area contributed by atoms with E-state index < -0.39 is 0 Å². The second kappa shape index (κ2) is 7.39. The van der Waals surface area contributed by atoms with Crippen molar-refractivity contribution in [3.63, 3.8) is 0 Å². The number of para-hydroxylation sites is 1. The largest absolute Gasteiger partial charge is 0.496 e. The van der Waals surface area contributed by atoms with Gasteiger partial charge in [0.2, 0.25) is 5.91 Å². The average Bonchev–Trinajstić information content (AvgIpc) is 3.30. The summed E-state index contributed by atoms with van der Waals surface area (Å²) in [4.78, 5) is 12.2. The predicted molar refractivity (Wildman–Crippen MR) is 93.9 cm³/mol. The molecule has 1 aromatic carbocycles. The normalized spacial score (nSPS) is 16.4. The summed E-state index contributed by atoms with van der Waals surface area (Å²) in [5.41, 5.74) is 1.15. The molecular weight excluding hydrogens is 302 g/mol. The van der Waals surface area contributed by atoms with E-state index in [1.165, 1.54) is 24.5 Å². The maximum absolute atomic E-state index is 12.2. The lowest BCUT2D eigenvalue weighted by Gasteiger charge is -2.31. The van der Waals surface area contributed by atoms with Gasteiger partial charge in [-0.1, -0.05) is 31.0 Å². The second-order valence-electron chi connectivity index (χ2n) is 6.25. The number of furan rings is 1. The van der Waals surface area contributed by atoms with Gasteiger partial charge in [0, 0.05) is 23.6 Å². The van der Waals surface area contributed by atoms with Crippen molar-refractivity contribution in [3.8, 4) is 5.75 Å². The van der Waals surface area contributed by atoms with Gasteiger partial charge in [0.15, 0.2) is 0 Å². The van der Waals surface area contributed by atoms with Crippen molar-refractivity contribution in [3.05, 3.63) is 60.1 Å². The van der Waals surface area contributed by atoms with Gasteiger partial charge in [-0.05, 0) is 37.1 Å². The van der Waals surface area contributed by atoms with E-state index in [2.05, 4.69) is 11.4 Å². The number of ether oxygens (including phenoxy) is 1. The molecule has 1 aliphatic carbocycles. The van der Waals surface area contributed by atoms with Gasteiger partial charge in [0.25, 0.3) is 0 Å². The van der Waals surface area contributed by atoms with Crippen molar-refractivity contribution in [1.82, 2.24) is 5.32 Å². The molecule has 1 heterocycles. The zero-order valence-corrected chi connectivity index (χ0v) is 14.0. The number of rotatable bonds is 6. The molecule has 0 unspecified atom stereocenters. The van der Waals surface area contributed by atoms with Gasteiger partial charge in [0.05, 0.1) is 13.4 Å². The van der Waals surface area contributed by atoms with Gasteiger partial charge in [-0.15, -0.1) is 0 Å². The summed E-state index contributed by atoms with van der Waals surface area (Å²) in [7, 11) is 1.70. The van der Waals surface area contributed by atoms with Crippen LogP contribution in [-0.4, -0.2) is 19.6 Å². The van der Waals surface area contributed by atoms with Crippen LogP contribution in [0.3, 0.4) is 0 Å². The molecule has 0 atom stereocenters. The van der Waals surface area contributed by atoms with Crippen LogP contribution in [0.2, 0.25) is 0 Å². The number of amides is 1. The van der Waals surface area contributed by atoms with Crippen molar-refractivity contribution in [1.29, 1.82) is 0 Å². The van der Waals surface area contributed by atoms with Crippen LogP contribution in [0, 0.1) is 0 Å². The monoisotopic (exact) mass is 325 g/mol. The molecule has 1 N–H and O–H groups in total. The molecule has 1 saturated carbocycles. The fraction of sp³-hybridized carbons (Fsp3) is 0.350. The molecule has 0 saturated heterocycles. The highest BCUT2D eigenvalue weighted by Crippen LogP contribution is 2.44. The Bertz CT molecular complexity index is 697. The Balaban J connectivity index is 1.71. The van der Waals surface area contributed by atoms with Crippen molar-refractivity contribution in [2.45, 2.75) is 31.1 Å². The third-order valence-electron chi connectivity index (χ3n) is 4.78. The summed E-state index contributed by atoms with van der Waals surface area (Å²) in [5.74, 6) is 1.47. The molecule has 3 rings (SSSR count). The Labute approximate surface area is 142 Å². The molecule has 24 heavy (non-hydrogen) atoms. The van der Waals surface area contributed by atoms with E-state index in [9.17, 15) is 4.79 Å². The highest BCUT2D eigenvalue weighted by molar-refractivity contribution is 5.91. The van der Waals surface area contributed by atoms with Crippen molar-refractivity contribution < 1.29 is 13.9 Å². The number of nitrogens with one attached hydrogen (secondary N) is 1. The van der Waals surface area contributed by atoms with Crippen molar-refractivity contribution >= 4 is 12.0 Å². The first-order valence-corrected chi connectivity index (χ1v) is 8.36. The third kappa shape index (κ3) is 3.53. The maximum atomic E-state index is 12.2. The Morgan fingerprint density at radius 2 is 2.04 bits per heavy atom. The number of hydrogen-bond acceptors (Lipinski definition) is 3. The minimum Gasteiger partial charge on any atom is -0.496 e. The third-order valence-corrected chi connectivity index (χ3v) is 4.78. The summed E-state index contributed by atoms with van der Waals surface area (Å²) in [6.45, 7) is 0.620. The number of hydrogen-bond donors (Lipinski definition) is 1. The maximum Gasteiger partial charge on any atom is 0.244 e. The zero-order chi connectivity index (χ0) is 16.8. The summed E-state index contributed by atoms with van der Waals surface area (Å²) in [6.07, 6.45) is 9.27. The fourth-order valence-corrected chi connectivity index (χ4v) is 3.54. The van der Waals surface area contributed by atoms with E-state index in [1.54, 1.807) is 25.5 Å². The Kier molecular flexibility index (Phi) is 5.04. The smallest absolute Gasteiger partial charge is 0.244 e. The lowest BCUT2D eigenvalue weighted by atomic mass is 9.78. The molecule has 0 spiro atoms. The Morgan fingerprint density at radius 1 is 1.25 bits per heavy atom. The van der Waals surface area contributed by atoms with Gasteiger partial charge in [0.1, 0.15) is 11.5 Å². The van der Waals surface area contributed by atoms with Crippen molar-refractivity contribution in [2.75, 3.05) is 13.7 Å². The highest BCUT2D eigenvalue weighted by Gasteiger charge is 2.37. The average molecular weight is 325 g/mol. The molecular formula is C20H23NO3. The van der Waals surface area contributed by atoms with Crippen LogP contribution in [0.4, 0.5) is 0 Å². The number of methoxy groups -OCH3 is 1. The lowest BCUT2D eigenvalue weighted by molar-refractivity contribution is -0.116. The first kappa shape index (κ1) is 16.4. The van der Waals surface area contributed by atoms with Gasteiger partial charge < -0.3 is 14.5 Å². The summed E-state index contributed by atoms with van der Waals surface area (Å²) in [6, 6.07) is 11.7. The molecule has 1 amide bonds. The quantitative estimate of drug-likeness (QED) is 0.819. The standard InChI is InChI=1S/C20H23NO3/c1-23-18-9-3-2-8-17(18)20(12-4-5-13-20)15-21-19(22)11-10-16-7-6-14-24-16/h2-3,6-11,14H,4-5,12-13,15H2,1H3,(H,21,22)/b11-10+. The van der Waals surface area contributed by atoms with E-state index in [4.69, 9.17) is 9.15 Å². The predicted octanol–water partition coefficient (Wildman–Crippen LogP) is 3.93. The van der Waals surface area contributed by atoms with E-state index >= 15 is 0 Å². The van der Waals surface area contributed by atoms with Crippen LogP contribution in [0.25, 0.3) is 6.08 Å². The van der Waals surface area contributed by atoms with Crippen LogP contribution in [0.5, 0.6) is 5.75 Å². The Hall–Kier alpha value is -2.49. The van der Waals surface area contributed by atoms with Gasteiger partial charge >= 0.3 is 0 Å². The van der Waals surface area contributed by atoms with E-state index in [-0.39, 0.29) is 11.3 Å². The first-order valence-electron chi connectivity index (χ1n) is 8.36. The molecule has 0 bridgehead atoms. The second-order valence-corrected chi connectivity index (χ2v) is 6.25. The van der Waals surface area contributed by atoms with Gasteiger partial charge in [-0.3, -0.25) is 4.79 Å². The van der Waals surface area contributed by atoms with E-state index in [1.807, 2.05) is 24.3 Å². The van der Waals surface area contributed by atoms with Crippen LogP contribution < -0.4 is 10.1 Å². The minimum atomic E-state index is -0.104. The summed E-state index contributed by atoms with van der Waals surface area (Å²) in [5, 5.41) is 3.05. The van der Waals surface area contributed by atoms with Crippen LogP contribution in [-0.2, 0) is 10.2 Å². The van der Waals surface area contributed by atoms with Gasteiger partial charge in [-0.2, -0.15) is 0 Å². The fourth-order valence-electron chi connectivity index (χ4n) is 3.54. The minimum absolute atomic E-state index is 0.0409. The van der Waals surface area contributed by atoms with Gasteiger partial charge in [-0.25, -0.2) is 0 Å². The molecule has 2 aromatic rings. The molecule has 1 fully saturated rings. The number of carbonyl (C=O) groups is 1. The molecule has 4 heteroatoms. The number of carbonyl (C=O) groups excluding carboxylic acids is 1. The number of benzene rings is 1. The molecule has 1 aliphatic rings. The molecule has 0 aliphatic heterocycles. The molecule has 1 aromatic heterocycles. The summed E-state index contributed by atoms with van der Waals surface area (Å²) < 4.78 is 10.7.